The summed E-state index contributed by atoms with van der Waals surface area (Å²) in [4.78, 5) is 56.2. The molecule has 0 aliphatic heterocycles. The molecular weight excluding hydrogens is 322 g/mol. The van der Waals surface area contributed by atoms with Crippen LogP contribution in [0.1, 0.15) is 33.1 Å². The molecule has 10 heteroatoms. The highest BCUT2D eigenvalue weighted by atomic mass is 16.4. The second-order valence-corrected chi connectivity index (χ2v) is 5.61. The van der Waals surface area contributed by atoms with Crippen LogP contribution in [0.3, 0.4) is 0 Å². The Bertz CT molecular complexity index is 493. The Morgan fingerprint density at radius 3 is 2.04 bits per heavy atom. The van der Waals surface area contributed by atoms with Crippen LogP contribution in [0.5, 0.6) is 0 Å². The number of hydrogen-bond donors (Lipinski definition) is 5. The number of carbonyl (C=O) groups is 5. The fourth-order valence-corrected chi connectivity index (χ4v) is 1.72. The number of rotatable bonds is 11. The van der Waals surface area contributed by atoms with Crippen LogP contribution in [0, 0.1) is 5.92 Å². The van der Waals surface area contributed by atoms with Crippen LogP contribution >= 0.6 is 0 Å². The third kappa shape index (κ3) is 8.22. The zero-order valence-electron chi connectivity index (χ0n) is 13.5. The van der Waals surface area contributed by atoms with Crippen molar-refractivity contribution < 1.29 is 34.2 Å². The van der Waals surface area contributed by atoms with E-state index in [2.05, 4.69) is 10.6 Å². The van der Waals surface area contributed by atoms with Crippen molar-refractivity contribution in [1.29, 1.82) is 0 Å². The molecule has 136 valence electrons. The van der Waals surface area contributed by atoms with E-state index in [0.29, 0.717) is 6.29 Å². The van der Waals surface area contributed by atoms with Gasteiger partial charge in [-0.05, 0) is 12.3 Å². The molecule has 0 fully saturated rings. The molecular formula is C14H23N3O7. The van der Waals surface area contributed by atoms with Crippen molar-refractivity contribution in [2.45, 2.75) is 51.2 Å². The van der Waals surface area contributed by atoms with Gasteiger partial charge in [0.1, 0.15) is 12.3 Å². The summed E-state index contributed by atoms with van der Waals surface area (Å²) in [5, 5.41) is 22.0. The molecule has 0 radical (unpaired) electrons. The van der Waals surface area contributed by atoms with Gasteiger partial charge in [0.05, 0.1) is 18.5 Å². The number of carboxylic acids is 2. The molecule has 24 heavy (non-hydrogen) atoms. The maximum absolute atomic E-state index is 12.2. The van der Waals surface area contributed by atoms with Crippen molar-refractivity contribution in [3.8, 4) is 0 Å². The van der Waals surface area contributed by atoms with Crippen LogP contribution in [0.4, 0.5) is 0 Å². The Morgan fingerprint density at radius 1 is 1.04 bits per heavy atom. The fourth-order valence-electron chi connectivity index (χ4n) is 1.72. The Labute approximate surface area is 138 Å². The van der Waals surface area contributed by atoms with Gasteiger partial charge in [0.15, 0.2) is 0 Å². The van der Waals surface area contributed by atoms with Crippen LogP contribution in [-0.4, -0.2) is 58.4 Å². The number of carboxylic acid groups (broad SMARTS) is 2. The molecule has 0 saturated heterocycles. The minimum absolute atomic E-state index is 0.198. The van der Waals surface area contributed by atoms with Gasteiger partial charge < -0.3 is 31.4 Å². The lowest BCUT2D eigenvalue weighted by Crippen LogP contribution is -2.54. The van der Waals surface area contributed by atoms with E-state index in [-0.39, 0.29) is 12.3 Å². The smallest absolute Gasteiger partial charge is 0.305 e. The van der Waals surface area contributed by atoms with E-state index in [1.807, 2.05) is 0 Å². The summed E-state index contributed by atoms with van der Waals surface area (Å²) in [6, 6.07) is -3.42. The first-order chi connectivity index (χ1) is 11.1. The summed E-state index contributed by atoms with van der Waals surface area (Å²) < 4.78 is 0. The molecule has 0 aliphatic carbocycles. The lowest BCUT2D eigenvalue weighted by atomic mass is 10.0. The topological polar surface area (TPSA) is 176 Å². The molecule has 0 saturated carbocycles. The first kappa shape index (κ1) is 21.5. The summed E-state index contributed by atoms with van der Waals surface area (Å²) in [5.41, 5.74) is 5.40. The van der Waals surface area contributed by atoms with Gasteiger partial charge >= 0.3 is 11.9 Å². The molecule has 3 atom stereocenters. The Morgan fingerprint density at radius 2 is 1.62 bits per heavy atom. The maximum atomic E-state index is 12.2. The number of aldehydes is 1. The largest absolute Gasteiger partial charge is 0.481 e. The van der Waals surface area contributed by atoms with Crippen LogP contribution in [0.15, 0.2) is 0 Å². The average Bonchev–Trinajstić information content (AvgIpc) is 2.46. The average molecular weight is 345 g/mol. The molecule has 0 unspecified atom stereocenters. The standard InChI is InChI=1S/C14H23N3O7/c1-7(2)10(6-18)17-14(24)9(3-4-11(19)20)16-13(23)8(15)5-12(21)22/h6-10H,3-5,15H2,1-2H3,(H,16,23)(H,17,24)(H,19,20)(H,21,22)/t8-,9-,10+/m0/s1. The van der Waals surface area contributed by atoms with Gasteiger partial charge in [-0.3, -0.25) is 19.2 Å². The Hall–Kier alpha value is -2.49. The van der Waals surface area contributed by atoms with Crippen molar-refractivity contribution in [3.63, 3.8) is 0 Å². The van der Waals surface area contributed by atoms with E-state index in [9.17, 15) is 24.0 Å². The van der Waals surface area contributed by atoms with Crippen LogP contribution in [0.25, 0.3) is 0 Å². The van der Waals surface area contributed by atoms with Crippen LogP contribution in [-0.2, 0) is 24.0 Å². The van der Waals surface area contributed by atoms with Crippen LogP contribution in [0.2, 0.25) is 0 Å². The number of carbonyl (C=O) groups excluding carboxylic acids is 3. The van der Waals surface area contributed by atoms with Gasteiger partial charge in [-0.15, -0.1) is 0 Å². The molecule has 0 rings (SSSR count). The summed E-state index contributed by atoms with van der Waals surface area (Å²) in [5.74, 6) is -4.29. The van der Waals surface area contributed by atoms with Gasteiger partial charge in [-0.25, -0.2) is 0 Å². The third-order valence-electron chi connectivity index (χ3n) is 3.18. The predicted molar refractivity (Wildman–Crippen MR) is 81.9 cm³/mol. The van der Waals surface area contributed by atoms with Gasteiger partial charge in [0.2, 0.25) is 11.8 Å². The summed E-state index contributed by atoms with van der Waals surface area (Å²) in [7, 11) is 0. The second kappa shape index (κ2) is 10.3. The molecule has 0 aromatic heterocycles. The highest BCUT2D eigenvalue weighted by Crippen LogP contribution is 2.03. The summed E-state index contributed by atoms with van der Waals surface area (Å²) >= 11 is 0. The van der Waals surface area contributed by atoms with Crippen molar-refractivity contribution in [1.82, 2.24) is 10.6 Å². The summed E-state index contributed by atoms with van der Waals surface area (Å²) in [6.07, 6.45) is -0.729. The number of aliphatic carboxylic acids is 2. The molecule has 6 N–H and O–H groups in total. The van der Waals surface area contributed by atoms with Crippen molar-refractivity contribution in [3.05, 3.63) is 0 Å². The number of nitrogens with two attached hydrogens (primary N) is 1. The molecule has 2 amide bonds. The summed E-state index contributed by atoms with van der Waals surface area (Å²) in [6.45, 7) is 3.40. The maximum Gasteiger partial charge on any atom is 0.305 e. The molecule has 0 spiro atoms. The van der Waals surface area contributed by atoms with Gasteiger partial charge in [-0.1, -0.05) is 13.8 Å². The number of nitrogens with one attached hydrogen (secondary N) is 2. The van der Waals surface area contributed by atoms with E-state index in [0.717, 1.165) is 0 Å². The van der Waals surface area contributed by atoms with Gasteiger partial charge in [0.25, 0.3) is 0 Å². The van der Waals surface area contributed by atoms with E-state index in [4.69, 9.17) is 15.9 Å². The highest BCUT2D eigenvalue weighted by molar-refractivity contribution is 5.92. The lowest BCUT2D eigenvalue weighted by molar-refractivity contribution is -0.139. The minimum Gasteiger partial charge on any atom is -0.481 e. The monoisotopic (exact) mass is 345 g/mol. The molecule has 0 aromatic rings. The molecule has 0 heterocycles. The highest BCUT2D eigenvalue weighted by Gasteiger charge is 2.27. The molecule has 0 bridgehead atoms. The van der Waals surface area contributed by atoms with Crippen LogP contribution < -0.4 is 16.4 Å². The molecule has 0 aliphatic rings. The zero-order valence-corrected chi connectivity index (χ0v) is 13.5. The Balaban J connectivity index is 4.98. The quantitative estimate of drug-likeness (QED) is 0.280. The van der Waals surface area contributed by atoms with E-state index in [1.54, 1.807) is 13.8 Å². The van der Waals surface area contributed by atoms with Crippen molar-refractivity contribution >= 4 is 30.0 Å². The van der Waals surface area contributed by atoms with Crippen molar-refractivity contribution in [2.75, 3.05) is 0 Å². The number of hydrogen-bond acceptors (Lipinski definition) is 6. The van der Waals surface area contributed by atoms with Crippen molar-refractivity contribution in [2.24, 2.45) is 11.7 Å². The first-order valence-corrected chi connectivity index (χ1v) is 7.33. The van der Waals surface area contributed by atoms with Gasteiger partial charge in [-0.2, -0.15) is 0 Å². The number of amides is 2. The normalized spacial score (nSPS) is 14.3. The molecule has 0 aromatic carbocycles. The second-order valence-electron chi connectivity index (χ2n) is 5.61. The molecule has 10 nitrogen and oxygen atoms in total. The predicted octanol–water partition coefficient (Wildman–Crippen LogP) is -1.52. The van der Waals surface area contributed by atoms with E-state index in [1.165, 1.54) is 0 Å². The third-order valence-corrected chi connectivity index (χ3v) is 3.18. The first-order valence-electron chi connectivity index (χ1n) is 7.33. The lowest BCUT2D eigenvalue weighted by Gasteiger charge is -2.23. The zero-order chi connectivity index (χ0) is 18.9. The Kier molecular flexibility index (Phi) is 9.25. The minimum atomic E-state index is -1.38. The van der Waals surface area contributed by atoms with E-state index < -0.39 is 54.7 Å². The van der Waals surface area contributed by atoms with E-state index >= 15 is 0 Å². The van der Waals surface area contributed by atoms with Gasteiger partial charge in [0, 0.05) is 6.42 Å². The fraction of sp³-hybridized carbons (Fsp3) is 0.643. The SMILES string of the molecule is CC(C)[C@@H](C=O)NC(=O)[C@H](CCC(=O)O)NC(=O)[C@@H](N)CC(=O)O.